The lowest BCUT2D eigenvalue weighted by Crippen LogP contribution is -2.37. The van der Waals surface area contributed by atoms with Gasteiger partial charge in [0.25, 0.3) is 0 Å². The summed E-state index contributed by atoms with van der Waals surface area (Å²) in [5.41, 5.74) is 1.64. The maximum absolute atomic E-state index is 10.1. The molecule has 0 spiro atoms. The number of nitrogens with zero attached hydrogens (tertiary/aromatic N) is 5. The van der Waals surface area contributed by atoms with Crippen molar-refractivity contribution >= 4 is 5.95 Å². The Balaban J connectivity index is 1.65. The lowest BCUT2D eigenvalue weighted by molar-refractivity contribution is 0.122. The summed E-state index contributed by atoms with van der Waals surface area (Å²) in [6, 6.07) is 5.27. The second-order valence-electron chi connectivity index (χ2n) is 6.22. The third-order valence-corrected chi connectivity index (χ3v) is 4.55. The number of anilines is 1. The highest BCUT2D eigenvalue weighted by atomic mass is 16.5. The average Bonchev–Trinajstić information content (AvgIpc) is 3.25. The van der Waals surface area contributed by atoms with Crippen LogP contribution in [-0.2, 0) is 4.74 Å². The van der Waals surface area contributed by atoms with Crippen molar-refractivity contribution in [2.75, 3.05) is 45.4 Å². The van der Waals surface area contributed by atoms with Crippen LogP contribution in [0.25, 0.3) is 16.9 Å². The predicted molar refractivity (Wildman–Crippen MR) is 102 cm³/mol. The van der Waals surface area contributed by atoms with Gasteiger partial charge in [-0.15, -0.1) is 0 Å². The second kappa shape index (κ2) is 7.73. The van der Waals surface area contributed by atoms with Gasteiger partial charge in [0.2, 0.25) is 11.7 Å². The van der Waals surface area contributed by atoms with Gasteiger partial charge < -0.3 is 24.2 Å². The number of ether oxygens (including phenoxy) is 3. The maximum atomic E-state index is 10.1. The van der Waals surface area contributed by atoms with Gasteiger partial charge in [-0.1, -0.05) is 0 Å². The van der Waals surface area contributed by atoms with Crippen molar-refractivity contribution in [1.82, 2.24) is 19.7 Å². The van der Waals surface area contributed by atoms with Crippen molar-refractivity contribution in [3.63, 3.8) is 0 Å². The van der Waals surface area contributed by atoms with Gasteiger partial charge in [0.15, 0.2) is 17.3 Å². The highest BCUT2D eigenvalue weighted by Gasteiger charge is 2.16. The molecule has 0 saturated carbocycles. The second-order valence-corrected chi connectivity index (χ2v) is 6.22. The number of aromatic nitrogens is 4. The SMILES string of the molecule is COc1cc(-c2cnn(-c3ccnc(N4CCOCC4)n3)c2)cc(OC)c1O. The molecule has 1 aliphatic heterocycles. The van der Waals surface area contributed by atoms with E-state index in [0.717, 1.165) is 24.2 Å². The van der Waals surface area contributed by atoms with Crippen LogP contribution in [-0.4, -0.2) is 65.4 Å². The minimum absolute atomic E-state index is 0.0351. The van der Waals surface area contributed by atoms with Gasteiger partial charge in [0.1, 0.15) is 0 Å². The first-order valence-corrected chi connectivity index (χ1v) is 8.85. The molecule has 1 aliphatic rings. The molecule has 1 saturated heterocycles. The number of hydrogen-bond acceptors (Lipinski definition) is 8. The van der Waals surface area contributed by atoms with Gasteiger partial charge in [0.05, 0.1) is 33.6 Å². The van der Waals surface area contributed by atoms with Gasteiger partial charge in [-0.3, -0.25) is 0 Å². The molecule has 0 atom stereocenters. The van der Waals surface area contributed by atoms with E-state index in [2.05, 4.69) is 20.0 Å². The van der Waals surface area contributed by atoms with Crippen LogP contribution in [0.4, 0.5) is 5.95 Å². The first-order chi connectivity index (χ1) is 13.7. The van der Waals surface area contributed by atoms with E-state index in [0.29, 0.717) is 36.5 Å². The van der Waals surface area contributed by atoms with Crippen molar-refractivity contribution in [3.8, 4) is 34.2 Å². The number of morpholine rings is 1. The van der Waals surface area contributed by atoms with Crippen LogP contribution in [0, 0.1) is 0 Å². The monoisotopic (exact) mass is 383 g/mol. The van der Waals surface area contributed by atoms with Crippen molar-refractivity contribution in [3.05, 3.63) is 36.8 Å². The Morgan fingerprint density at radius 3 is 2.46 bits per heavy atom. The summed E-state index contributed by atoms with van der Waals surface area (Å²) >= 11 is 0. The van der Waals surface area contributed by atoms with E-state index in [1.54, 1.807) is 35.3 Å². The van der Waals surface area contributed by atoms with Crippen LogP contribution in [0.5, 0.6) is 17.2 Å². The molecule has 0 amide bonds. The summed E-state index contributed by atoms with van der Waals surface area (Å²) in [7, 11) is 2.99. The molecular formula is C19H21N5O4. The lowest BCUT2D eigenvalue weighted by Gasteiger charge is -2.26. The highest BCUT2D eigenvalue weighted by molar-refractivity contribution is 5.70. The molecule has 0 unspecified atom stereocenters. The Morgan fingerprint density at radius 1 is 1.07 bits per heavy atom. The van der Waals surface area contributed by atoms with E-state index < -0.39 is 0 Å². The molecule has 4 rings (SSSR count). The molecule has 9 nitrogen and oxygen atoms in total. The quantitative estimate of drug-likeness (QED) is 0.714. The minimum atomic E-state index is -0.0351. The zero-order valence-corrected chi connectivity index (χ0v) is 15.7. The van der Waals surface area contributed by atoms with Gasteiger partial charge in [-0.25, -0.2) is 9.67 Å². The number of benzene rings is 1. The Hall–Kier alpha value is -3.33. The van der Waals surface area contributed by atoms with E-state index in [1.807, 2.05) is 6.20 Å². The lowest BCUT2D eigenvalue weighted by atomic mass is 10.1. The highest BCUT2D eigenvalue weighted by Crippen LogP contribution is 2.40. The van der Waals surface area contributed by atoms with E-state index in [1.165, 1.54) is 14.2 Å². The number of hydrogen-bond donors (Lipinski definition) is 1. The average molecular weight is 383 g/mol. The maximum Gasteiger partial charge on any atom is 0.227 e. The van der Waals surface area contributed by atoms with Crippen LogP contribution < -0.4 is 14.4 Å². The third-order valence-electron chi connectivity index (χ3n) is 4.55. The molecule has 0 radical (unpaired) electrons. The number of phenolic OH excluding ortho intramolecular Hbond substituents is 1. The number of aromatic hydroxyl groups is 1. The molecule has 2 aromatic heterocycles. The topological polar surface area (TPSA) is 94.8 Å². The Bertz CT molecular complexity index is 943. The standard InChI is InChI=1S/C19H21N5O4/c1-26-15-9-13(10-16(27-2)18(15)25)14-11-21-24(12-14)17-3-4-20-19(22-17)23-5-7-28-8-6-23/h3-4,9-12,25H,5-8H2,1-2H3. The molecule has 3 aromatic rings. The van der Waals surface area contributed by atoms with E-state index in [9.17, 15) is 5.11 Å². The summed E-state index contributed by atoms with van der Waals surface area (Å²) in [5.74, 6) is 1.95. The zero-order valence-electron chi connectivity index (χ0n) is 15.7. The molecule has 28 heavy (non-hydrogen) atoms. The van der Waals surface area contributed by atoms with Gasteiger partial charge >= 0.3 is 0 Å². The molecule has 1 N–H and O–H groups in total. The van der Waals surface area contributed by atoms with E-state index >= 15 is 0 Å². The van der Waals surface area contributed by atoms with Gasteiger partial charge in [-0.05, 0) is 17.7 Å². The molecule has 1 aromatic carbocycles. The van der Waals surface area contributed by atoms with Crippen LogP contribution >= 0.6 is 0 Å². The number of rotatable bonds is 5. The molecular weight excluding hydrogens is 362 g/mol. The van der Waals surface area contributed by atoms with Crippen molar-refractivity contribution in [2.24, 2.45) is 0 Å². The Kier molecular flexibility index (Phi) is 4.98. The van der Waals surface area contributed by atoms with Gasteiger partial charge in [0, 0.05) is 37.1 Å². The normalized spacial score (nSPS) is 14.1. The molecule has 3 heterocycles. The summed E-state index contributed by atoms with van der Waals surface area (Å²) in [6.45, 7) is 2.87. The summed E-state index contributed by atoms with van der Waals surface area (Å²) in [5, 5.41) is 14.5. The third kappa shape index (κ3) is 3.44. The molecule has 1 fully saturated rings. The first-order valence-electron chi connectivity index (χ1n) is 8.85. The van der Waals surface area contributed by atoms with Crippen LogP contribution in [0.1, 0.15) is 0 Å². The smallest absolute Gasteiger partial charge is 0.227 e. The number of phenols is 1. The molecule has 0 aliphatic carbocycles. The number of methoxy groups -OCH3 is 2. The minimum Gasteiger partial charge on any atom is -0.502 e. The fourth-order valence-electron chi connectivity index (χ4n) is 3.04. The van der Waals surface area contributed by atoms with Crippen LogP contribution in [0.15, 0.2) is 36.8 Å². The fraction of sp³-hybridized carbons (Fsp3) is 0.316. The van der Waals surface area contributed by atoms with Gasteiger partial charge in [-0.2, -0.15) is 10.1 Å². The summed E-state index contributed by atoms with van der Waals surface area (Å²) in [6.07, 6.45) is 5.31. The Labute approximate surface area is 162 Å². The van der Waals surface area contributed by atoms with Crippen molar-refractivity contribution in [1.29, 1.82) is 0 Å². The van der Waals surface area contributed by atoms with Crippen LogP contribution in [0.2, 0.25) is 0 Å². The van der Waals surface area contributed by atoms with E-state index in [4.69, 9.17) is 14.2 Å². The molecule has 9 heteroatoms. The van der Waals surface area contributed by atoms with Crippen molar-refractivity contribution < 1.29 is 19.3 Å². The molecule has 146 valence electrons. The fourth-order valence-corrected chi connectivity index (χ4v) is 3.04. The van der Waals surface area contributed by atoms with Crippen LogP contribution in [0.3, 0.4) is 0 Å². The summed E-state index contributed by atoms with van der Waals surface area (Å²) < 4.78 is 17.5. The molecule has 0 bridgehead atoms. The zero-order chi connectivity index (χ0) is 19.5. The summed E-state index contributed by atoms with van der Waals surface area (Å²) in [4.78, 5) is 11.1. The predicted octanol–water partition coefficient (Wildman–Crippen LogP) is 1.89. The largest absolute Gasteiger partial charge is 0.502 e. The first kappa shape index (κ1) is 18.1. The van der Waals surface area contributed by atoms with Crippen molar-refractivity contribution in [2.45, 2.75) is 0 Å². The van der Waals surface area contributed by atoms with E-state index in [-0.39, 0.29) is 5.75 Å². The Morgan fingerprint density at radius 2 is 1.79 bits per heavy atom.